The monoisotopic (exact) mass is 353 g/mol. The Morgan fingerprint density at radius 3 is 2.74 bits per heavy atom. The van der Waals surface area contributed by atoms with Crippen LogP contribution in [-0.2, 0) is 9.62 Å². The summed E-state index contributed by atoms with van der Waals surface area (Å²) in [6, 6.07) is 0. The molecule has 0 aliphatic carbocycles. The normalized spacial score (nSPS) is 11.7. The third-order valence-corrected chi connectivity index (χ3v) is 4.80. The van der Waals surface area contributed by atoms with Crippen molar-refractivity contribution in [3.05, 3.63) is 35.9 Å². The molecule has 0 atom stereocenters. The smallest absolute Gasteiger partial charge is 0.224 e. The molecule has 0 fully saturated rings. The number of nitrogens with zero attached hydrogens (tertiary/aromatic N) is 7. The maximum atomic E-state index is 14.0. The number of fused-ring (bicyclic) bond motifs is 1. The van der Waals surface area contributed by atoms with E-state index < -0.39 is 15.4 Å². The van der Waals surface area contributed by atoms with Crippen molar-refractivity contribution < 1.29 is 4.39 Å². The highest BCUT2D eigenvalue weighted by Gasteiger charge is 2.13. The first-order chi connectivity index (χ1) is 10.9. The quantitative estimate of drug-likeness (QED) is 0.663. The maximum absolute atomic E-state index is 14.0. The lowest BCUT2D eigenvalue weighted by Crippen LogP contribution is -1.99. The molecule has 3 aromatic rings. The highest BCUT2D eigenvalue weighted by atomic mass is 35.5. The number of hydrogen-bond donors (Lipinski definition) is 0. The third kappa shape index (κ3) is 3.15. The van der Waals surface area contributed by atoms with Crippen LogP contribution in [0, 0.1) is 5.82 Å². The lowest BCUT2D eigenvalue weighted by Gasteiger charge is -2.05. The SMILES string of the molecule is CN=S(C)(C)=Nc1cncc(-n2cc(F)c3cnc(Cl)nc32)n1. The summed E-state index contributed by atoms with van der Waals surface area (Å²) in [4.78, 5) is 16.4. The van der Waals surface area contributed by atoms with E-state index in [1.165, 1.54) is 29.4 Å². The summed E-state index contributed by atoms with van der Waals surface area (Å²) in [5.74, 6) is 0.354. The zero-order valence-corrected chi connectivity index (χ0v) is 14.2. The van der Waals surface area contributed by atoms with Crippen LogP contribution in [0.2, 0.25) is 5.28 Å². The van der Waals surface area contributed by atoms with Gasteiger partial charge in [-0.25, -0.2) is 14.4 Å². The maximum Gasteiger partial charge on any atom is 0.224 e. The summed E-state index contributed by atoms with van der Waals surface area (Å²) in [7, 11) is 0.214. The van der Waals surface area contributed by atoms with E-state index in [1.54, 1.807) is 7.05 Å². The molecule has 0 saturated heterocycles. The van der Waals surface area contributed by atoms with E-state index in [1.807, 2.05) is 12.5 Å². The predicted octanol–water partition coefficient (Wildman–Crippen LogP) is 3.05. The Morgan fingerprint density at radius 1 is 1.22 bits per heavy atom. The molecule has 3 rings (SSSR count). The minimum absolute atomic E-state index is 0.0287. The van der Waals surface area contributed by atoms with Crippen LogP contribution in [0.3, 0.4) is 0 Å². The summed E-state index contributed by atoms with van der Waals surface area (Å²) in [5, 5.41) is 0.286. The molecule has 0 N–H and O–H groups in total. The molecule has 3 heterocycles. The van der Waals surface area contributed by atoms with Crippen LogP contribution < -0.4 is 0 Å². The van der Waals surface area contributed by atoms with Crippen LogP contribution in [-0.4, -0.2) is 44.1 Å². The fourth-order valence-electron chi connectivity index (χ4n) is 1.90. The molecule has 0 unspecified atom stereocenters. The van der Waals surface area contributed by atoms with Gasteiger partial charge in [0.15, 0.2) is 23.1 Å². The molecule has 23 heavy (non-hydrogen) atoms. The Hall–Kier alpha value is -2.13. The van der Waals surface area contributed by atoms with Crippen molar-refractivity contribution in [3.8, 4) is 5.82 Å². The molecule has 0 radical (unpaired) electrons. The summed E-state index contributed by atoms with van der Waals surface area (Å²) in [5.41, 5.74) is 0.320. The highest BCUT2D eigenvalue weighted by molar-refractivity contribution is 7.94. The molecule has 0 bridgehead atoms. The van der Waals surface area contributed by atoms with Crippen LogP contribution >= 0.6 is 11.6 Å². The first kappa shape index (κ1) is 15.8. The van der Waals surface area contributed by atoms with Crippen LogP contribution in [0.15, 0.2) is 33.5 Å². The molecule has 0 aliphatic rings. The number of halogens is 2. The van der Waals surface area contributed by atoms with Gasteiger partial charge in [0.05, 0.1) is 17.8 Å². The molecule has 0 aromatic carbocycles. The molecular weight excluding hydrogens is 341 g/mol. The Balaban J connectivity index is 2.21. The topological polar surface area (TPSA) is 81.2 Å². The van der Waals surface area contributed by atoms with Gasteiger partial charge in [0.25, 0.3) is 0 Å². The molecule has 0 saturated carbocycles. The van der Waals surface area contributed by atoms with Gasteiger partial charge >= 0.3 is 0 Å². The van der Waals surface area contributed by atoms with Gasteiger partial charge in [0.2, 0.25) is 5.28 Å². The van der Waals surface area contributed by atoms with E-state index in [0.717, 1.165) is 0 Å². The molecule has 0 spiro atoms. The summed E-state index contributed by atoms with van der Waals surface area (Å²) < 4.78 is 24.2. The fraction of sp³-hybridized carbons (Fsp3) is 0.231. The lowest BCUT2D eigenvalue weighted by molar-refractivity contribution is 0.635. The van der Waals surface area contributed by atoms with Gasteiger partial charge in [-0.15, -0.1) is 0 Å². The number of hydrogen-bond acceptors (Lipinski definition) is 6. The molecule has 0 amide bonds. The minimum atomic E-state index is -1.50. The van der Waals surface area contributed by atoms with Crippen LogP contribution in [0.4, 0.5) is 10.2 Å². The second kappa shape index (κ2) is 5.82. The largest absolute Gasteiger partial charge is 0.281 e. The fourth-order valence-corrected chi connectivity index (χ4v) is 2.65. The van der Waals surface area contributed by atoms with Gasteiger partial charge in [-0.05, 0) is 11.6 Å². The Labute approximate surface area is 137 Å². The van der Waals surface area contributed by atoms with Crippen LogP contribution in [0.5, 0.6) is 0 Å². The minimum Gasteiger partial charge on any atom is -0.281 e. The number of aromatic nitrogens is 5. The van der Waals surface area contributed by atoms with Crippen molar-refractivity contribution in [2.75, 3.05) is 19.6 Å². The Morgan fingerprint density at radius 2 is 2.00 bits per heavy atom. The molecule has 0 aliphatic heterocycles. The van der Waals surface area contributed by atoms with E-state index in [2.05, 4.69) is 28.7 Å². The van der Waals surface area contributed by atoms with Crippen molar-refractivity contribution in [1.29, 1.82) is 0 Å². The van der Waals surface area contributed by atoms with Crippen molar-refractivity contribution in [2.24, 2.45) is 8.73 Å². The second-order valence-electron chi connectivity index (χ2n) is 4.95. The van der Waals surface area contributed by atoms with E-state index in [-0.39, 0.29) is 10.7 Å². The van der Waals surface area contributed by atoms with E-state index in [4.69, 9.17) is 11.6 Å². The molecule has 120 valence electrons. The van der Waals surface area contributed by atoms with Gasteiger partial charge in [0, 0.05) is 32.0 Å². The average molecular weight is 354 g/mol. The van der Waals surface area contributed by atoms with E-state index in [9.17, 15) is 4.39 Å². The first-order valence-electron chi connectivity index (χ1n) is 6.48. The Kier molecular flexibility index (Phi) is 3.99. The third-order valence-electron chi connectivity index (χ3n) is 3.09. The van der Waals surface area contributed by atoms with Gasteiger partial charge in [0.1, 0.15) is 0 Å². The zero-order valence-electron chi connectivity index (χ0n) is 12.6. The first-order valence-corrected chi connectivity index (χ1v) is 9.22. The molecule has 7 nitrogen and oxygen atoms in total. The van der Waals surface area contributed by atoms with Crippen LogP contribution in [0.1, 0.15) is 0 Å². The zero-order chi connectivity index (χ0) is 16.6. The molecular formula is C13H13ClFN7S. The van der Waals surface area contributed by atoms with Gasteiger partial charge < -0.3 is 0 Å². The van der Waals surface area contributed by atoms with Crippen molar-refractivity contribution in [2.45, 2.75) is 0 Å². The van der Waals surface area contributed by atoms with Gasteiger partial charge in [-0.2, -0.15) is 9.35 Å². The highest BCUT2D eigenvalue weighted by Crippen LogP contribution is 2.22. The summed E-state index contributed by atoms with van der Waals surface area (Å²) >= 11 is 5.80. The van der Waals surface area contributed by atoms with E-state index >= 15 is 0 Å². The van der Waals surface area contributed by atoms with Crippen molar-refractivity contribution in [3.63, 3.8) is 0 Å². The van der Waals surface area contributed by atoms with Crippen LogP contribution in [0.25, 0.3) is 16.9 Å². The summed E-state index contributed by atoms with van der Waals surface area (Å²) in [6.07, 6.45) is 9.50. The average Bonchev–Trinajstić information content (AvgIpc) is 2.83. The summed E-state index contributed by atoms with van der Waals surface area (Å²) in [6.45, 7) is 0. The number of rotatable bonds is 2. The van der Waals surface area contributed by atoms with Gasteiger partial charge in [-0.3, -0.25) is 13.9 Å². The van der Waals surface area contributed by atoms with E-state index in [0.29, 0.717) is 17.3 Å². The predicted molar refractivity (Wildman–Crippen MR) is 89.1 cm³/mol. The molecule has 3 aromatic heterocycles. The van der Waals surface area contributed by atoms with Crippen molar-refractivity contribution in [1.82, 2.24) is 24.5 Å². The second-order valence-corrected chi connectivity index (χ2v) is 8.28. The lowest BCUT2D eigenvalue weighted by atomic mass is 10.4. The Bertz CT molecular complexity index is 1010. The van der Waals surface area contributed by atoms with Gasteiger partial charge in [-0.1, -0.05) is 9.62 Å². The molecule has 10 heteroatoms. The van der Waals surface area contributed by atoms with Crippen molar-refractivity contribution >= 4 is 38.1 Å². The standard InChI is InChI=1S/C13H13ClFN7S/c1-16-23(2,3)21-10-5-17-6-11(19-10)22-7-9(15)8-4-18-13(14)20-12(8)22/h4-7H,1-3H3.